The van der Waals surface area contributed by atoms with Crippen LogP contribution in [-0.4, -0.2) is 32.3 Å². The van der Waals surface area contributed by atoms with Crippen molar-refractivity contribution in [2.24, 2.45) is 0 Å². The molecule has 2 aromatic rings. The lowest BCUT2D eigenvalue weighted by Crippen LogP contribution is -2.23. The fraction of sp³-hybridized carbons (Fsp3) is 0.500. The second-order valence-electron chi connectivity index (χ2n) is 5.57. The van der Waals surface area contributed by atoms with E-state index >= 15 is 0 Å². The van der Waals surface area contributed by atoms with Crippen molar-refractivity contribution < 1.29 is 9.53 Å². The molecule has 1 amide bonds. The maximum Gasteiger partial charge on any atom is 0.254 e. The average molecular weight is 315 g/mol. The molecule has 1 atom stereocenters. The molecular weight excluding hydrogens is 294 g/mol. The molecule has 1 fully saturated rings. The van der Waals surface area contributed by atoms with Crippen molar-refractivity contribution >= 4 is 5.91 Å². The summed E-state index contributed by atoms with van der Waals surface area (Å²) < 4.78 is 7.39. The Morgan fingerprint density at radius 3 is 2.83 bits per heavy atom. The molecule has 1 aliphatic heterocycles. The van der Waals surface area contributed by atoms with Gasteiger partial charge in [0.2, 0.25) is 0 Å². The first kappa shape index (κ1) is 15.6. The fourth-order valence-corrected chi connectivity index (χ4v) is 2.50. The van der Waals surface area contributed by atoms with Gasteiger partial charge in [-0.1, -0.05) is 0 Å². The highest BCUT2D eigenvalue weighted by molar-refractivity contribution is 5.93. The van der Waals surface area contributed by atoms with Gasteiger partial charge in [0.25, 0.3) is 5.91 Å². The van der Waals surface area contributed by atoms with Crippen LogP contribution < -0.4 is 5.32 Å². The van der Waals surface area contributed by atoms with Crippen molar-refractivity contribution in [1.29, 1.82) is 0 Å². The molecule has 0 radical (unpaired) electrons. The van der Waals surface area contributed by atoms with Crippen LogP contribution in [0.25, 0.3) is 0 Å². The van der Waals surface area contributed by atoms with Crippen molar-refractivity contribution in [2.75, 3.05) is 6.61 Å². The summed E-state index contributed by atoms with van der Waals surface area (Å²) in [5, 5.41) is 6.94. The monoisotopic (exact) mass is 315 g/mol. The predicted octanol–water partition coefficient (Wildman–Crippen LogP) is 1.86. The number of ether oxygens (including phenoxy) is 1. The fourth-order valence-electron chi connectivity index (χ4n) is 2.50. The number of aryl methyl sites for hydroxylation is 1. The molecule has 2 aromatic heterocycles. The number of hydrogen-bond acceptors (Lipinski definition) is 5. The first-order valence-corrected chi connectivity index (χ1v) is 7.99. The van der Waals surface area contributed by atoms with Crippen LogP contribution in [-0.2, 0) is 17.8 Å². The topological polar surface area (TPSA) is 81.9 Å². The number of nitrogens with one attached hydrogen (secondary N) is 1. The number of carbonyl (C=O) groups is 1. The molecule has 1 N–H and O–H groups in total. The smallest absolute Gasteiger partial charge is 0.254 e. The summed E-state index contributed by atoms with van der Waals surface area (Å²) in [5.74, 6) is 0.577. The second-order valence-corrected chi connectivity index (χ2v) is 5.57. The maximum absolute atomic E-state index is 12.0. The lowest BCUT2D eigenvalue weighted by Gasteiger charge is -2.21. The van der Waals surface area contributed by atoms with Crippen LogP contribution in [0.4, 0.5) is 0 Å². The molecule has 1 unspecified atom stereocenters. The lowest BCUT2D eigenvalue weighted by atomic mass is 10.1. The molecule has 0 spiro atoms. The van der Waals surface area contributed by atoms with Crippen LogP contribution in [0.2, 0.25) is 0 Å². The SMILES string of the molecule is CCn1cc(C(=O)NCc2cnc(C3CCCCO3)nc2)cn1. The minimum Gasteiger partial charge on any atom is -0.370 e. The summed E-state index contributed by atoms with van der Waals surface area (Å²) in [7, 11) is 0. The van der Waals surface area contributed by atoms with Gasteiger partial charge in [-0.3, -0.25) is 9.48 Å². The molecule has 1 saturated heterocycles. The summed E-state index contributed by atoms with van der Waals surface area (Å²) in [4.78, 5) is 20.8. The zero-order valence-corrected chi connectivity index (χ0v) is 13.2. The van der Waals surface area contributed by atoms with E-state index in [4.69, 9.17) is 4.74 Å². The Bertz CT molecular complexity index is 647. The Balaban J connectivity index is 1.54. The summed E-state index contributed by atoms with van der Waals surface area (Å²) in [6.45, 7) is 3.88. The molecule has 3 heterocycles. The van der Waals surface area contributed by atoms with Crippen molar-refractivity contribution in [3.63, 3.8) is 0 Å². The van der Waals surface area contributed by atoms with Crippen molar-refractivity contribution in [3.05, 3.63) is 41.7 Å². The molecule has 23 heavy (non-hydrogen) atoms. The van der Waals surface area contributed by atoms with Crippen LogP contribution in [0, 0.1) is 0 Å². The van der Waals surface area contributed by atoms with Gasteiger partial charge in [0.15, 0.2) is 5.82 Å². The highest BCUT2D eigenvalue weighted by atomic mass is 16.5. The maximum atomic E-state index is 12.0. The molecule has 122 valence electrons. The summed E-state index contributed by atoms with van der Waals surface area (Å²) in [5.41, 5.74) is 1.42. The van der Waals surface area contributed by atoms with E-state index in [1.54, 1.807) is 29.5 Å². The molecule has 1 aliphatic rings. The lowest BCUT2D eigenvalue weighted by molar-refractivity contribution is 0.00940. The van der Waals surface area contributed by atoms with E-state index in [0.717, 1.165) is 43.8 Å². The number of aromatic nitrogens is 4. The summed E-state index contributed by atoms with van der Waals surface area (Å²) in [6.07, 6.45) is 10.0. The number of nitrogens with zero attached hydrogens (tertiary/aromatic N) is 4. The van der Waals surface area contributed by atoms with Crippen LogP contribution in [0.5, 0.6) is 0 Å². The van der Waals surface area contributed by atoms with Gasteiger partial charge in [0, 0.05) is 43.9 Å². The van der Waals surface area contributed by atoms with Gasteiger partial charge < -0.3 is 10.1 Å². The second kappa shape index (κ2) is 7.32. The third-order valence-corrected chi connectivity index (χ3v) is 3.87. The van der Waals surface area contributed by atoms with E-state index in [-0.39, 0.29) is 12.0 Å². The third-order valence-electron chi connectivity index (χ3n) is 3.87. The van der Waals surface area contributed by atoms with Gasteiger partial charge in [-0.15, -0.1) is 0 Å². The van der Waals surface area contributed by atoms with E-state index in [9.17, 15) is 4.79 Å². The zero-order chi connectivity index (χ0) is 16.1. The van der Waals surface area contributed by atoms with Crippen LogP contribution in [0.3, 0.4) is 0 Å². The first-order valence-electron chi connectivity index (χ1n) is 7.99. The van der Waals surface area contributed by atoms with Gasteiger partial charge in [-0.2, -0.15) is 5.10 Å². The first-order chi connectivity index (χ1) is 11.3. The quantitative estimate of drug-likeness (QED) is 0.911. The molecule has 7 nitrogen and oxygen atoms in total. The van der Waals surface area contributed by atoms with E-state index < -0.39 is 0 Å². The van der Waals surface area contributed by atoms with Crippen LogP contribution in [0.1, 0.15) is 54.0 Å². The van der Waals surface area contributed by atoms with E-state index in [0.29, 0.717) is 12.1 Å². The molecule has 3 rings (SSSR count). The standard InChI is InChI=1S/C16H21N5O2/c1-2-21-11-13(10-20-21)16(22)19-9-12-7-17-15(18-8-12)14-5-3-4-6-23-14/h7-8,10-11,14H,2-6,9H2,1H3,(H,19,22). The normalized spacial score (nSPS) is 17.9. The van der Waals surface area contributed by atoms with Crippen LogP contribution in [0.15, 0.2) is 24.8 Å². The number of rotatable bonds is 5. The van der Waals surface area contributed by atoms with Crippen molar-refractivity contribution in [1.82, 2.24) is 25.1 Å². The number of hydrogen-bond donors (Lipinski definition) is 1. The Labute approximate surface area is 135 Å². The predicted molar refractivity (Wildman–Crippen MR) is 83.6 cm³/mol. The Morgan fingerprint density at radius 1 is 1.35 bits per heavy atom. The highest BCUT2D eigenvalue weighted by Gasteiger charge is 2.18. The highest BCUT2D eigenvalue weighted by Crippen LogP contribution is 2.24. The van der Waals surface area contributed by atoms with E-state index in [1.807, 2.05) is 6.92 Å². The molecule has 0 saturated carbocycles. The molecule has 0 aromatic carbocycles. The molecule has 0 aliphatic carbocycles. The van der Waals surface area contributed by atoms with E-state index in [1.165, 1.54) is 0 Å². The zero-order valence-electron chi connectivity index (χ0n) is 13.2. The Kier molecular flexibility index (Phi) is 4.97. The molecule has 0 bridgehead atoms. The molecule has 7 heteroatoms. The minimum atomic E-state index is -0.149. The Morgan fingerprint density at radius 2 is 2.17 bits per heavy atom. The average Bonchev–Trinajstić information content (AvgIpc) is 3.10. The number of amides is 1. The van der Waals surface area contributed by atoms with Gasteiger partial charge in [-0.05, 0) is 26.2 Å². The van der Waals surface area contributed by atoms with Gasteiger partial charge in [0.1, 0.15) is 6.10 Å². The van der Waals surface area contributed by atoms with Crippen molar-refractivity contribution in [2.45, 2.75) is 45.4 Å². The van der Waals surface area contributed by atoms with Gasteiger partial charge in [0.05, 0.1) is 11.8 Å². The summed E-state index contributed by atoms with van der Waals surface area (Å²) >= 11 is 0. The van der Waals surface area contributed by atoms with E-state index in [2.05, 4.69) is 20.4 Å². The van der Waals surface area contributed by atoms with Gasteiger partial charge in [-0.25, -0.2) is 9.97 Å². The number of carbonyl (C=O) groups excluding carboxylic acids is 1. The van der Waals surface area contributed by atoms with Crippen molar-refractivity contribution in [3.8, 4) is 0 Å². The minimum absolute atomic E-state index is 0.00674. The van der Waals surface area contributed by atoms with Gasteiger partial charge >= 0.3 is 0 Å². The summed E-state index contributed by atoms with van der Waals surface area (Å²) in [6, 6.07) is 0. The third kappa shape index (κ3) is 3.92. The molecular formula is C16H21N5O2. The largest absolute Gasteiger partial charge is 0.370 e. The Hall–Kier alpha value is -2.28. The van der Waals surface area contributed by atoms with Crippen LogP contribution >= 0.6 is 0 Å².